The molecule has 0 aliphatic heterocycles. The van der Waals surface area contributed by atoms with Crippen LogP contribution in [0, 0.1) is 5.82 Å². The first-order valence-corrected chi connectivity index (χ1v) is 5.76. The minimum absolute atomic E-state index is 0.195. The highest BCUT2D eigenvalue weighted by Gasteiger charge is 2.17. The lowest BCUT2D eigenvalue weighted by Crippen LogP contribution is -2.23. The van der Waals surface area contributed by atoms with Crippen LogP contribution in [0.25, 0.3) is 0 Å². The first-order chi connectivity index (χ1) is 8.08. The molecule has 3 nitrogen and oxygen atoms in total. The van der Waals surface area contributed by atoms with Gasteiger partial charge in [0.05, 0.1) is 7.11 Å². The van der Waals surface area contributed by atoms with Crippen LogP contribution >= 0.6 is 0 Å². The SMILES string of the molecule is COc1ccc(F)cc1C(CCN)CN(C)C. The molecule has 0 fully saturated rings. The van der Waals surface area contributed by atoms with Crippen molar-refractivity contribution in [2.75, 3.05) is 34.3 Å². The highest BCUT2D eigenvalue weighted by atomic mass is 19.1. The largest absolute Gasteiger partial charge is 0.496 e. The van der Waals surface area contributed by atoms with E-state index in [1.54, 1.807) is 19.2 Å². The molecule has 4 heteroatoms. The fourth-order valence-electron chi connectivity index (χ4n) is 2.01. The molecule has 17 heavy (non-hydrogen) atoms. The molecule has 1 aromatic carbocycles. The van der Waals surface area contributed by atoms with Crippen LogP contribution in [0.4, 0.5) is 4.39 Å². The lowest BCUT2D eigenvalue weighted by molar-refractivity contribution is 0.351. The van der Waals surface area contributed by atoms with Gasteiger partial charge in [-0.15, -0.1) is 0 Å². The van der Waals surface area contributed by atoms with Gasteiger partial charge in [0, 0.05) is 18.0 Å². The van der Waals surface area contributed by atoms with Crippen molar-refractivity contribution >= 4 is 0 Å². The number of hydrogen-bond acceptors (Lipinski definition) is 3. The second-order valence-corrected chi connectivity index (χ2v) is 4.42. The molecular weight excluding hydrogens is 219 g/mol. The van der Waals surface area contributed by atoms with Gasteiger partial charge in [-0.05, 0) is 45.3 Å². The van der Waals surface area contributed by atoms with Gasteiger partial charge in [-0.2, -0.15) is 0 Å². The van der Waals surface area contributed by atoms with Gasteiger partial charge in [0.15, 0.2) is 0 Å². The number of rotatable bonds is 6. The molecule has 0 saturated carbocycles. The van der Waals surface area contributed by atoms with E-state index < -0.39 is 0 Å². The molecule has 96 valence electrons. The van der Waals surface area contributed by atoms with Crippen LogP contribution in [0.5, 0.6) is 5.75 Å². The molecule has 1 aromatic rings. The second-order valence-electron chi connectivity index (χ2n) is 4.42. The summed E-state index contributed by atoms with van der Waals surface area (Å²) in [6.07, 6.45) is 0.817. The van der Waals surface area contributed by atoms with Crippen molar-refractivity contribution < 1.29 is 9.13 Å². The molecule has 0 aromatic heterocycles. The molecule has 0 aliphatic carbocycles. The number of methoxy groups -OCH3 is 1. The standard InChI is InChI=1S/C13H21FN2O/c1-16(2)9-10(6-7-15)12-8-11(14)4-5-13(12)17-3/h4-5,8,10H,6-7,9,15H2,1-3H3. The fraction of sp³-hybridized carbons (Fsp3) is 0.538. The van der Waals surface area contributed by atoms with Crippen molar-refractivity contribution in [3.05, 3.63) is 29.6 Å². The Balaban J connectivity index is 3.02. The Morgan fingerprint density at radius 2 is 2.12 bits per heavy atom. The number of benzene rings is 1. The van der Waals surface area contributed by atoms with Crippen molar-refractivity contribution in [1.29, 1.82) is 0 Å². The maximum Gasteiger partial charge on any atom is 0.123 e. The van der Waals surface area contributed by atoms with E-state index in [1.807, 2.05) is 14.1 Å². The van der Waals surface area contributed by atoms with Crippen LogP contribution in [-0.2, 0) is 0 Å². The van der Waals surface area contributed by atoms with E-state index in [0.717, 1.165) is 24.3 Å². The highest BCUT2D eigenvalue weighted by molar-refractivity contribution is 5.37. The zero-order valence-corrected chi connectivity index (χ0v) is 10.7. The van der Waals surface area contributed by atoms with Crippen LogP contribution in [0.1, 0.15) is 17.9 Å². The summed E-state index contributed by atoms with van der Waals surface area (Å²) in [7, 11) is 5.59. The van der Waals surface area contributed by atoms with E-state index in [0.29, 0.717) is 6.54 Å². The molecule has 0 spiro atoms. The van der Waals surface area contributed by atoms with Crippen LogP contribution in [0.15, 0.2) is 18.2 Å². The van der Waals surface area contributed by atoms with Gasteiger partial charge in [-0.3, -0.25) is 0 Å². The van der Waals surface area contributed by atoms with Gasteiger partial charge in [0.2, 0.25) is 0 Å². The lowest BCUT2D eigenvalue weighted by atomic mass is 9.94. The van der Waals surface area contributed by atoms with Crippen LogP contribution in [0.2, 0.25) is 0 Å². The first kappa shape index (κ1) is 13.9. The van der Waals surface area contributed by atoms with E-state index in [2.05, 4.69) is 4.90 Å². The molecule has 0 bridgehead atoms. The Bertz CT molecular complexity index is 355. The number of ether oxygens (including phenoxy) is 1. The summed E-state index contributed by atoms with van der Waals surface area (Å²) in [5.74, 6) is 0.689. The minimum atomic E-state index is -0.235. The number of nitrogens with two attached hydrogens (primary N) is 1. The third-order valence-corrected chi connectivity index (χ3v) is 2.73. The quantitative estimate of drug-likeness (QED) is 0.824. The van der Waals surface area contributed by atoms with Crippen molar-refractivity contribution in [3.63, 3.8) is 0 Å². The molecule has 0 saturated heterocycles. The number of halogens is 1. The minimum Gasteiger partial charge on any atom is -0.496 e. The van der Waals surface area contributed by atoms with Gasteiger partial charge in [0.1, 0.15) is 11.6 Å². The summed E-state index contributed by atoms with van der Waals surface area (Å²) in [5, 5.41) is 0. The smallest absolute Gasteiger partial charge is 0.123 e. The molecule has 1 rings (SSSR count). The van der Waals surface area contributed by atoms with Crippen molar-refractivity contribution in [3.8, 4) is 5.75 Å². The summed E-state index contributed by atoms with van der Waals surface area (Å²) in [5.41, 5.74) is 6.51. The number of nitrogens with zero attached hydrogens (tertiary/aromatic N) is 1. The predicted octanol–water partition coefficient (Wildman–Crippen LogP) is 1.83. The molecule has 0 radical (unpaired) electrons. The van der Waals surface area contributed by atoms with Crippen LogP contribution in [-0.4, -0.2) is 39.2 Å². The van der Waals surface area contributed by atoms with Gasteiger partial charge < -0.3 is 15.4 Å². The van der Waals surface area contributed by atoms with Gasteiger partial charge in [-0.25, -0.2) is 4.39 Å². The Kier molecular flexibility index (Phi) is 5.38. The summed E-state index contributed by atoms with van der Waals surface area (Å²) in [4.78, 5) is 2.07. The zero-order chi connectivity index (χ0) is 12.8. The predicted molar refractivity (Wildman–Crippen MR) is 67.9 cm³/mol. The van der Waals surface area contributed by atoms with Crippen LogP contribution in [0.3, 0.4) is 0 Å². The molecule has 0 heterocycles. The maximum atomic E-state index is 13.3. The topological polar surface area (TPSA) is 38.5 Å². The zero-order valence-electron chi connectivity index (χ0n) is 10.7. The number of hydrogen-bond donors (Lipinski definition) is 1. The van der Waals surface area contributed by atoms with Crippen molar-refractivity contribution in [2.45, 2.75) is 12.3 Å². The Morgan fingerprint density at radius 3 is 2.65 bits per heavy atom. The second kappa shape index (κ2) is 6.57. The summed E-state index contributed by atoms with van der Waals surface area (Å²) >= 11 is 0. The Morgan fingerprint density at radius 1 is 1.41 bits per heavy atom. The van der Waals surface area contributed by atoms with Crippen LogP contribution < -0.4 is 10.5 Å². The molecule has 1 unspecified atom stereocenters. The maximum absolute atomic E-state index is 13.3. The summed E-state index contributed by atoms with van der Waals surface area (Å²) in [6, 6.07) is 4.63. The van der Waals surface area contributed by atoms with Crippen molar-refractivity contribution in [2.24, 2.45) is 5.73 Å². The fourth-order valence-corrected chi connectivity index (χ4v) is 2.01. The molecule has 0 aliphatic rings. The third-order valence-electron chi connectivity index (χ3n) is 2.73. The molecule has 1 atom stereocenters. The average molecular weight is 240 g/mol. The normalized spacial score (nSPS) is 12.8. The first-order valence-electron chi connectivity index (χ1n) is 5.76. The summed E-state index contributed by atoms with van der Waals surface area (Å²) < 4.78 is 18.6. The Hall–Kier alpha value is -1.13. The van der Waals surface area contributed by atoms with E-state index >= 15 is 0 Å². The molecule has 2 N–H and O–H groups in total. The van der Waals surface area contributed by atoms with E-state index in [9.17, 15) is 4.39 Å². The Labute approximate surface area is 102 Å². The van der Waals surface area contributed by atoms with Gasteiger partial charge >= 0.3 is 0 Å². The summed E-state index contributed by atoms with van der Waals surface area (Å²) in [6.45, 7) is 1.41. The third kappa shape index (κ3) is 3.98. The molecule has 0 amide bonds. The van der Waals surface area contributed by atoms with Gasteiger partial charge in [-0.1, -0.05) is 0 Å². The lowest BCUT2D eigenvalue weighted by Gasteiger charge is -2.22. The van der Waals surface area contributed by atoms with Gasteiger partial charge in [0.25, 0.3) is 0 Å². The van der Waals surface area contributed by atoms with E-state index in [4.69, 9.17) is 10.5 Å². The van der Waals surface area contributed by atoms with Crippen molar-refractivity contribution in [1.82, 2.24) is 4.90 Å². The highest BCUT2D eigenvalue weighted by Crippen LogP contribution is 2.29. The average Bonchev–Trinajstić information content (AvgIpc) is 2.28. The number of likely N-dealkylation sites (N-methyl/N-ethyl adjacent to an activating group) is 1. The monoisotopic (exact) mass is 240 g/mol. The van der Waals surface area contributed by atoms with E-state index in [-0.39, 0.29) is 11.7 Å². The van der Waals surface area contributed by atoms with E-state index in [1.165, 1.54) is 6.07 Å². The molecular formula is C13H21FN2O.